The number of carbonyl (C=O) groups is 1. The van der Waals surface area contributed by atoms with Crippen LogP contribution in [-0.2, 0) is 9.53 Å². The number of amides is 1. The van der Waals surface area contributed by atoms with Gasteiger partial charge in [0.25, 0.3) is 0 Å². The first-order chi connectivity index (χ1) is 13.1. The summed E-state index contributed by atoms with van der Waals surface area (Å²) in [5.41, 5.74) is 1.69. The lowest BCUT2D eigenvalue weighted by atomic mass is 10.0. The van der Waals surface area contributed by atoms with Crippen LogP contribution in [0.3, 0.4) is 0 Å². The molecule has 0 aliphatic carbocycles. The highest BCUT2D eigenvalue weighted by Crippen LogP contribution is 2.21. The molecule has 27 heavy (non-hydrogen) atoms. The van der Waals surface area contributed by atoms with Crippen LogP contribution in [0.1, 0.15) is 17.2 Å². The first kappa shape index (κ1) is 19.2. The zero-order valence-corrected chi connectivity index (χ0v) is 14.9. The predicted molar refractivity (Wildman–Crippen MR) is 100.0 cm³/mol. The number of carbonyl (C=O) groups excluding carboxylic acids is 1. The zero-order chi connectivity index (χ0) is 19.1. The van der Waals surface area contributed by atoms with Crippen LogP contribution in [0.4, 0.5) is 8.78 Å². The van der Waals surface area contributed by atoms with Crippen molar-refractivity contribution in [1.82, 2.24) is 10.2 Å². The summed E-state index contributed by atoms with van der Waals surface area (Å²) in [6.45, 7) is 3.18. The van der Waals surface area contributed by atoms with Crippen molar-refractivity contribution in [3.05, 3.63) is 77.4 Å². The lowest BCUT2D eigenvalue weighted by Gasteiger charge is -2.34. The predicted octanol–water partition coefficient (Wildman–Crippen LogP) is 3.17. The van der Waals surface area contributed by atoms with Gasteiger partial charge in [-0.15, -0.1) is 0 Å². The van der Waals surface area contributed by atoms with Crippen molar-refractivity contribution in [3.8, 4) is 0 Å². The Morgan fingerprint density at radius 1 is 1.04 bits per heavy atom. The molecule has 1 aliphatic rings. The Kier molecular flexibility index (Phi) is 6.68. The van der Waals surface area contributed by atoms with E-state index in [1.54, 1.807) is 30.3 Å². The van der Waals surface area contributed by atoms with Gasteiger partial charge in [0.15, 0.2) is 0 Å². The quantitative estimate of drug-likeness (QED) is 0.792. The van der Waals surface area contributed by atoms with Crippen molar-refractivity contribution in [2.24, 2.45) is 0 Å². The maximum atomic E-state index is 13.3. The van der Waals surface area contributed by atoms with Gasteiger partial charge in [-0.25, -0.2) is 8.78 Å². The molecule has 2 aromatic carbocycles. The second-order valence-corrected chi connectivity index (χ2v) is 6.35. The van der Waals surface area contributed by atoms with Crippen molar-refractivity contribution in [1.29, 1.82) is 0 Å². The van der Waals surface area contributed by atoms with E-state index in [0.29, 0.717) is 19.8 Å². The molecule has 0 radical (unpaired) electrons. The Morgan fingerprint density at radius 2 is 1.63 bits per heavy atom. The van der Waals surface area contributed by atoms with Gasteiger partial charge in [-0.2, -0.15) is 0 Å². The lowest BCUT2D eigenvalue weighted by Crippen LogP contribution is -2.43. The number of nitrogens with zero attached hydrogens (tertiary/aromatic N) is 1. The molecule has 1 saturated heterocycles. The van der Waals surface area contributed by atoms with Crippen LogP contribution < -0.4 is 5.32 Å². The fourth-order valence-electron chi connectivity index (χ4n) is 3.03. The summed E-state index contributed by atoms with van der Waals surface area (Å²) in [5, 5.41) is 2.90. The van der Waals surface area contributed by atoms with Crippen LogP contribution in [0, 0.1) is 11.6 Å². The van der Waals surface area contributed by atoms with Gasteiger partial charge in [0, 0.05) is 25.7 Å². The van der Waals surface area contributed by atoms with Crippen LogP contribution in [0.5, 0.6) is 0 Å². The van der Waals surface area contributed by atoms with Crippen molar-refractivity contribution in [2.45, 2.75) is 6.04 Å². The summed E-state index contributed by atoms with van der Waals surface area (Å²) >= 11 is 0. The van der Waals surface area contributed by atoms with Crippen molar-refractivity contribution < 1.29 is 18.3 Å². The first-order valence-corrected chi connectivity index (χ1v) is 8.90. The minimum absolute atomic E-state index is 0.0577. The van der Waals surface area contributed by atoms with Crippen molar-refractivity contribution in [3.63, 3.8) is 0 Å². The van der Waals surface area contributed by atoms with Gasteiger partial charge in [-0.1, -0.05) is 24.3 Å². The molecule has 0 unspecified atom stereocenters. The lowest BCUT2D eigenvalue weighted by molar-refractivity contribution is -0.116. The maximum Gasteiger partial charge on any atom is 0.244 e. The van der Waals surface area contributed by atoms with Crippen molar-refractivity contribution >= 4 is 12.0 Å². The number of halogens is 2. The van der Waals surface area contributed by atoms with E-state index in [1.807, 2.05) is 0 Å². The molecule has 0 spiro atoms. The van der Waals surface area contributed by atoms with E-state index in [2.05, 4.69) is 10.2 Å². The number of morpholine rings is 1. The average molecular weight is 372 g/mol. The van der Waals surface area contributed by atoms with Crippen LogP contribution in [-0.4, -0.2) is 43.7 Å². The molecule has 6 heteroatoms. The Balaban J connectivity index is 1.63. The largest absolute Gasteiger partial charge is 0.379 e. The van der Waals surface area contributed by atoms with Crippen LogP contribution in [0.25, 0.3) is 6.08 Å². The van der Waals surface area contributed by atoms with E-state index >= 15 is 0 Å². The molecule has 142 valence electrons. The molecule has 0 saturated carbocycles. The molecular weight excluding hydrogens is 350 g/mol. The van der Waals surface area contributed by atoms with E-state index in [4.69, 9.17) is 4.74 Å². The van der Waals surface area contributed by atoms with Crippen LogP contribution in [0.15, 0.2) is 54.6 Å². The van der Waals surface area contributed by atoms with Gasteiger partial charge >= 0.3 is 0 Å². The van der Waals surface area contributed by atoms with Gasteiger partial charge in [0.2, 0.25) is 5.91 Å². The molecule has 4 nitrogen and oxygen atoms in total. The normalized spacial score (nSPS) is 16.4. The molecule has 1 amide bonds. The molecule has 3 rings (SSSR count). The van der Waals surface area contributed by atoms with Crippen LogP contribution >= 0.6 is 0 Å². The van der Waals surface area contributed by atoms with E-state index < -0.39 is 0 Å². The first-order valence-electron chi connectivity index (χ1n) is 8.90. The Bertz CT molecular complexity index is 770. The Hall–Kier alpha value is -2.57. The number of hydrogen-bond donors (Lipinski definition) is 1. The summed E-state index contributed by atoms with van der Waals surface area (Å²) < 4.78 is 31.6. The number of rotatable bonds is 6. The minimum Gasteiger partial charge on any atom is -0.379 e. The fourth-order valence-corrected chi connectivity index (χ4v) is 3.03. The van der Waals surface area contributed by atoms with Gasteiger partial charge in [0.1, 0.15) is 11.6 Å². The van der Waals surface area contributed by atoms with E-state index in [1.165, 1.54) is 30.3 Å². The summed E-state index contributed by atoms with van der Waals surface area (Å²) in [7, 11) is 0. The number of nitrogens with one attached hydrogen (secondary N) is 1. The second-order valence-electron chi connectivity index (χ2n) is 6.35. The molecule has 1 N–H and O–H groups in total. The van der Waals surface area contributed by atoms with Gasteiger partial charge in [-0.3, -0.25) is 9.69 Å². The monoisotopic (exact) mass is 372 g/mol. The average Bonchev–Trinajstić information content (AvgIpc) is 2.70. The van der Waals surface area contributed by atoms with Gasteiger partial charge < -0.3 is 10.1 Å². The molecular formula is C21H22F2N2O2. The van der Waals surface area contributed by atoms with E-state index in [9.17, 15) is 13.6 Å². The third-order valence-electron chi connectivity index (χ3n) is 4.51. The standard InChI is InChI=1S/C21H22F2N2O2/c22-18-6-1-16(2-7-18)3-10-21(26)24-15-20(25-11-13-27-14-12-25)17-4-8-19(23)9-5-17/h1-10,20H,11-15H2,(H,24,26)/b10-3+/t20-/m1/s1. The molecule has 1 heterocycles. The molecule has 1 aliphatic heterocycles. The van der Waals surface area contributed by atoms with E-state index in [-0.39, 0.29) is 23.6 Å². The number of benzene rings is 2. The molecule has 0 bridgehead atoms. The van der Waals surface area contributed by atoms with Crippen LogP contribution in [0.2, 0.25) is 0 Å². The third-order valence-corrected chi connectivity index (χ3v) is 4.51. The smallest absolute Gasteiger partial charge is 0.244 e. The highest BCUT2D eigenvalue weighted by molar-refractivity contribution is 5.91. The Morgan fingerprint density at radius 3 is 2.26 bits per heavy atom. The summed E-state index contributed by atoms with van der Waals surface area (Å²) in [4.78, 5) is 14.4. The number of ether oxygens (including phenoxy) is 1. The number of hydrogen-bond acceptors (Lipinski definition) is 3. The summed E-state index contributed by atoms with van der Waals surface area (Å²) in [6, 6.07) is 12.2. The summed E-state index contributed by atoms with van der Waals surface area (Å²) in [6.07, 6.45) is 3.06. The topological polar surface area (TPSA) is 41.6 Å². The Labute approximate surface area is 157 Å². The highest BCUT2D eigenvalue weighted by Gasteiger charge is 2.23. The molecule has 0 aromatic heterocycles. The highest BCUT2D eigenvalue weighted by atomic mass is 19.1. The zero-order valence-electron chi connectivity index (χ0n) is 14.9. The molecule has 1 atom stereocenters. The molecule has 1 fully saturated rings. The fraction of sp³-hybridized carbons (Fsp3) is 0.286. The van der Waals surface area contributed by atoms with Gasteiger partial charge in [-0.05, 0) is 41.5 Å². The minimum atomic E-state index is -0.316. The second kappa shape index (κ2) is 9.39. The summed E-state index contributed by atoms with van der Waals surface area (Å²) in [5.74, 6) is -0.838. The molecule has 2 aromatic rings. The maximum absolute atomic E-state index is 13.3. The third kappa shape index (κ3) is 5.70. The van der Waals surface area contributed by atoms with Gasteiger partial charge in [0.05, 0.1) is 19.3 Å². The van der Waals surface area contributed by atoms with E-state index in [0.717, 1.165) is 24.2 Å². The SMILES string of the molecule is O=C(/C=C/c1ccc(F)cc1)NC[C@H](c1ccc(F)cc1)N1CCOCC1. The van der Waals surface area contributed by atoms with Crippen molar-refractivity contribution in [2.75, 3.05) is 32.8 Å².